The summed E-state index contributed by atoms with van der Waals surface area (Å²) in [4.78, 5) is 13.3. The molecule has 4 nitrogen and oxygen atoms in total. The van der Waals surface area contributed by atoms with Crippen LogP contribution in [0.25, 0.3) is 0 Å². The lowest BCUT2D eigenvalue weighted by Gasteiger charge is -2.34. The van der Waals surface area contributed by atoms with E-state index in [1.54, 1.807) is 0 Å². The Bertz CT molecular complexity index is 461. The SMILES string of the molecule is O=C(O)CC(c1ccc(Br)c(Br)c1)N1CCOCC1. The van der Waals surface area contributed by atoms with Crippen LogP contribution in [0, 0.1) is 0 Å². The van der Waals surface area contributed by atoms with E-state index in [0.717, 1.165) is 27.6 Å². The zero-order valence-electron chi connectivity index (χ0n) is 10.3. The van der Waals surface area contributed by atoms with Crippen molar-refractivity contribution in [3.05, 3.63) is 32.7 Å². The predicted octanol–water partition coefficient (Wildman–Crippen LogP) is 3.06. The maximum Gasteiger partial charge on any atom is 0.305 e. The van der Waals surface area contributed by atoms with Gasteiger partial charge in [-0.2, -0.15) is 0 Å². The first-order valence-electron chi connectivity index (χ1n) is 6.06. The van der Waals surface area contributed by atoms with Gasteiger partial charge >= 0.3 is 5.97 Å². The minimum absolute atomic E-state index is 0.105. The summed E-state index contributed by atoms with van der Waals surface area (Å²) in [6.07, 6.45) is 0.105. The molecular formula is C13H15Br2NO3. The van der Waals surface area contributed by atoms with Crippen LogP contribution in [0.5, 0.6) is 0 Å². The summed E-state index contributed by atoms with van der Waals surface area (Å²) in [5.74, 6) is -0.782. The standard InChI is InChI=1S/C13H15Br2NO3/c14-10-2-1-9(7-11(10)15)12(8-13(17)18)16-3-5-19-6-4-16/h1-2,7,12H,3-6,8H2,(H,17,18). The van der Waals surface area contributed by atoms with E-state index in [9.17, 15) is 4.79 Å². The highest BCUT2D eigenvalue weighted by molar-refractivity contribution is 9.13. The normalized spacial score (nSPS) is 18.2. The van der Waals surface area contributed by atoms with Crippen molar-refractivity contribution in [1.29, 1.82) is 0 Å². The van der Waals surface area contributed by atoms with E-state index in [4.69, 9.17) is 9.84 Å². The van der Waals surface area contributed by atoms with Gasteiger partial charge in [0.1, 0.15) is 0 Å². The Hall–Kier alpha value is -0.430. The molecule has 1 heterocycles. The largest absolute Gasteiger partial charge is 0.481 e. The van der Waals surface area contributed by atoms with Gasteiger partial charge in [-0.25, -0.2) is 0 Å². The van der Waals surface area contributed by atoms with E-state index in [1.807, 2.05) is 18.2 Å². The number of ether oxygens (including phenoxy) is 1. The lowest BCUT2D eigenvalue weighted by Crippen LogP contribution is -2.39. The Labute approximate surface area is 129 Å². The summed E-state index contributed by atoms with van der Waals surface area (Å²) in [6, 6.07) is 5.78. The molecule has 19 heavy (non-hydrogen) atoms. The quantitative estimate of drug-likeness (QED) is 0.855. The Balaban J connectivity index is 2.24. The zero-order valence-corrected chi connectivity index (χ0v) is 13.5. The highest BCUT2D eigenvalue weighted by atomic mass is 79.9. The van der Waals surface area contributed by atoms with Gasteiger partial charge in [-0.1, -0.05) is 6.07 Å². The van der Waals surface area contributed by atoms with Crippen molar-refractivity contribution >= 4 is 37.8 Å². The van der Waals surface area contributed by atoms with Gasteiger partial charge in [0.05, 0.1) is 19.6 Å². The second kappa shape index (κ2) is 6.83. The molecule has 6 heteroatoms. The van der Waals surface area contributed by atoms with E-state index in [0.29, 0.717) is 13.2 Å². The number of carboxylic acid groups (broad SMARTS) is 1. The number of halogens is 2. The fourth-order valence-corrected chi connectivity index (χ4v) is 2.88. The van der Waals surface area contributed by atoms with Crippen LogP contribution in [-0.2, 0) is 9.53 Å². The third-order valence-electron chi connectivity index (χ3n) is 3.18. The molecule has 0 saturated carbocycles. The van der Waals surface area contributed by atoms with E-state index >= 15 is 0 Å². The van der Waals surface area contributed by atoms with Gasteiger partial charge in [-0.3, -0.25) is 9.69 Å². The summed E-state index contributed by atoms with van der Waals surface area (Å²) in [6.45, 7) is 2.86. The van der Waals surface area contributed by atoms with E-state index < -0.39 is 5.97 Å². The lowest BCUT2D eigenvalue weighted by molar-refractivity contribution is -0.139. The zero-order chi connectivity index (χ0) is 13.8. The minimum Gasteiger partial charge on any atom is -0.481 e. The van der Waals surface area contributed by atoms with Crippen LogP contribution in [0.4, 0.5) is 0 Å². The molecule has 1 aromatic rings. The predicted molar refractivity (Wildman–Crippen MR) is 79.2 cm³/mol. The summed E-state index contributed by atoms with van der Waals surface area (Å²) >= 11 is 6.90. The summed E-state index contributed by atoms with van der Waals surface area (Å²) in [5.41, 5.74) is 1.01. The number of benzene rings is 1. The molecule has 0 spiro atoms. The van der Waals surface area contributed by atoms with Crippen molar-refractivity contribution in [3.8, 4) is 0 Å². The van der Waals surface area contributed by atoms with Crippen LogP contribution in [0.15, 0.2) is 27.1 Å². The Kier molecular flexibility index (Phi) is 5.38. The van der Waals surface area contributed by atoms with E-state index in [-0.39, 0.29) is 12.5 Å². The van der Waals surface area contributed by atoms with Gasteiger partial charge in [0, 0.05) is 28.1 Å². The van der Waals surface area contributed by atoms with E-state index in [2.05, 4.69) is 36.8 Å². The molecule has 2 rings (SSSR count). The molecule has 0 radical (unpaired) electrons. The first-order chi connectivity index (χ1) is 9.08. The van der Waals surface area contributed by atoms with Gasteiger partial charge in [-0.05, 0) is 49.6 Å². The highest BCUT2D eigenvalue weighted by Gasteiger charge is 2.25. The molecule has 0 amide bonds. The molecule has 0 aromatic heterocycles. The van der Waals surface area contributed by atoms with Gasteiger partial charge < -0.3 is 9.84 Å². The highest BCUT2D eigenvalue weighted by Crippen LogP contribution is 2.31. The van der Waals surface area contributed by atoms with Crippen LogP contribution in [0.2, 0.25) is 0 Å². The molecule has 1 aromatic carbocycles. The van der Waals surface area contributed by atoms with Gasteiger partial charge in [0.15, 0.2) is 0 Å². The number of hydrogen-bond acceptors (Lipinski definition) is 3. The molecule has 1 N–H and O–H groups in total. The van der Waals surface area contributed by atoms with Gasteiger partial charge in [-0.15, -0.1) is 0 Å². The maximum absolute atomic E-state index is 11.1. The Morgan fingerprint density at radius 2 is 2.00 bits per heavy atom. The smallest absolute Gasteiger partial charge is 0.305 e. The second-order valence-corrected chi connectivity index (χ2v) is 6.14. The molecule has 104 valence electrons. The van der Waals surface area contributed by atoms with Crippen molar-refractivity contribution in [2.45, 2.75) is 12.5 Å². The fraction of sp³-hybridized carbons (Fsp3) is 0.462. The van der Waals surface area contributed by atoms with Crippen LogP contribution in [0.1, 0.15) is 18.0 Å². The molecule has 1 aliphatic heterocycles. The first kappa shape index (κ1) is 15.0. The third-order valence-corrected chi connectivity index (χ3v) is 5.06. The van der Waals surface area contributed by atoms with Crippen LogP contribution in [0.3, 0.4) is 0 Å². The van der Waals surface area contributed by atoms with Crippen molar-refractivity contribution in [3.63, 3.8) is 0 Å². The second-order valence-electron chi connectivity index (χ2n) is 4.44. The average Bonchev–Trinajstić information content (AvgIpc) is 2.40. The molecular weight excluding hydrogens is 378 g/mol. The Morgan fingerprint density at radius 1 is 1.32 bits per heavy atom. The summed E-state index contributed by atoms with van der Waals surface area (Å²) in [7, 11) is 0. The maximum atomic E-state index is 11.1. The molecule has 1 aliphatic rings. The molecule has 1 atom stereocenters. The monoisotopic (exact) mass is 391 g/mol. The fourth-order valence-electron chi connectivity index (χ4n) is 2.23. The van der Waals surface area contributed by atoms with Crippen molar-refractivity contribution < 1.29 is 14.6 Å². The van der Waals surface area contributed by atoms with Crippen LogP contribution < -0.4 is 0 Å². The molecule has 0 bridgehead atoms. The van der Waals surface area contributed by atoms with Crippen molar-refractivity contribution in [2.24, 2.45) is 0 Å². The lowest BCUT2D eigenvalue weighted by atomic mass is 10.0. The summed E-state index contributed by atoms with van der Waals surface area (Å²) < 4.78 is 7.23. The molecule has 0 aliphatic carbocycles. The Morgan fingerprint density at radius 3 is 2.58 bits per heavy atom. The summed E-state index contributed by atoms with van der Waals surface area (Å²) in [5, 5.41) is 9.12. The van der Waals surface area contributed by atoms with Gasteiger partial charge in [0.25, 0.3) is 0 Å². The van der Waals surface area contributed by atoms with Gasteiger partial charge in [0.2, 0.25) is 0 Å². The molecule has 1 fully saturated rings. The molecule has 1 unspecified atom stereocenters. The number of carboxylic acids is 1. The van der Waals surface area contributed by atoms with Crippen molar-refractivity contribution in [2.75, 3.05) is 26.3 Å². The number of nitrogens with zero attached hydrogens (tertiary/aromatic N) is 1. The third kappa shape index (κ3) is 4.02. The first-order valence-corrected chi connectivity index (χ1v) is 7.65. The number of hydrogen-bond donors (Lipinski definition) is 1. The number of morpholine rings is 1. The minimum atomic E-state index is -0.782. The topological polar surface area (TPSA) is 49.8 Å². The van der Waals surface area contributed by atoms with E-state index in [1.165, 1.54) is 0 Å². The number of carbonyl (C=O) groups is 1. The number of rotatable bonds is 4. The average molecular weight is 393 g/mol. The van der Waals surface area contributed by atoms with Crippen LogP contribution in [-0.4, -0.2) is 42.3 Å². The number of aliphatic carboxylic acids is 1. The van der Waals surface area contributed by atoms with Crippen molar-refractivity contribution in [1.82, 2.24) is 4.90 Å². The van der Waals surface area contributed by atoms with Crippen LogP contribution >= 0.6 is 31.9 Å². The molecule has 1 saturated heterocycles.